The summed E-state index contributed by atoms with van der Waals surface area (Å²) >= 11 is 0. The van der Waals surface area contributed by atoms with Crippen LogP contribution in [0.1, 0.15) is 55.9 Å². The molecule has 2 heterocycles. The van der Waals surface area contributed by atoms with Crippen LogP contribution in [0.5, 0.6) is 0 Å². The van der Waals surface area contributed by atoms with E-state index in [1.165, 1.54) is 17.0 Å². The molecule has 0 spiro atoms. The molecule has 88 valence electrons. The first-order valence-corrected chi connectivity index (χ1v) is 6.31. The van der Waals surface area contributed by atoms with Crippen molar-refractivity contribution in [1.82, 2.24) is 15.3 Å². The number of fused-ring (bicyclic) bond motifs is 1. The van der Waals surface area contributed by atoms with Crippen molar-refractivity contribution in [2.75, 3.05) is 6.54 Å². The highest BCUT2D eigenvalue weighted by Crippen LogP contribution is 2.20. The van der Waals surface area contributed by atoms with Gasteiger partial charge in [0.25, 0.3) is 0 Å². The molecule has 1 N–H and O–H groups in total. The third-order valence-electron chi connectivity index (χ3n) is 3.04. The minimum absolute atomic E-state index is 0.419. The third-order valence-corrected chi connectivity index (χ3v) is 3.04. The summed E-state index contributed by atoms with van der Waals surface area (Å²) in [5, 5.41) is 3.39. The molecule has 0 aliphatic carbocycles. The predicted octanol–water partition coefficient (Wildman–Crippen LogP) is 2.20. The van der Waals surface area contributed by atoms with Gasteiger partial charge >= 0.3 is 0 Å². The largest absolute Gasteiger partial charge is 0.311 e. The van der Waals surface area contributed by atoms with E-state index in [4.69, 9.17) is 4.98 Å². The summed E-state index contributed by atoms with van der Waals surface area (Å²) in [6.07, 6.45) is 3.34. The zero-order valence-corrected chi connectivity index (χ0v) is 10.5. The van der Waals surface area contributed by atoms with Crippen LogP contribution >= 0.6 is 0 Å². The van der Waals surface area contributed by atoms with Crippen molar-refractivity contribution in [3.05, 3.63) is 22.8 Å². The normalized spacial score (nSPS) is 15.2. The Morgan fingerprint density at radius 1 is 1.31 bits per heavy atom. The summed E-state index contributed by atoms with van der Waals surface area (Å²) in [7, 11) is 0. The number of aromatic nitrogens is 2. The summed E-state index contributed by atoms with van der Waals surface area (Å²) in [5.41, 5.74) is 3.93. The molecule has 3 heteroatoms. The standard InChI is InChI=1S/C13H21N3/c1-4-5-11-10-6-7-14-8-12(10)16-13(15-11)9(2)3/h9,14H,4-8H2,1-3H3. The van der Waals surface area contributed by atoms with E-state index in [1.54, 1.807) is 0 Å². The average molecular weight is 219 g/mol. The Morgan fingerprint density at radius 2 is 2.12 bits per heavy atom. The van der Waals surface area contributed by atoms with Gasteiger partial charge in [0.15, 0.2) is 0 Å². The van der Waals surface area contributed by atoms with Crippen molar-refractivity contribution in [3.8, 4) is 0 Å². The lowest BCUT2D eigenvalue weighted by molar-refractivity contribution is 0.598. The number of hydrogen-bond acceptors (Lipinski definition) is 3. The first kappa shape index (κ1) is 11.5. The number of aryl methyl sites for hydroxylation is 1. The summed E-state index contributed by atoms with van der Waals surface area (Å²) in [6.45, 7) is 8.51. The Bertz CT molecular complexity index is 372. The minimum Gasteiger partial charge on any atom is -0.311 e. The number of hydrogen-bond donors (Lipinski definition) is 1. The first-order chi connectivity index (χ1) is 7.72. The predicted molar refractivity (Wildman–Crippen MR) is 65.5 cm³/mol. The molecule has 0 saturated carbocycles. The Balaban J connectivity index is 2.43. The molecule has 3 nitrogen and oxygen atoms in total. The van der Waals surface area contributed by atoms with Crippen molar-refractivity contribution in [1.29, 1.82) is 0 Å². The van der Waals surface area contributed by atoms with Crippen molar-refractivity contribution >= 4 is 0 Å². The van der Waals surface area contributed by atoms with E-state index < -0.39 is 0 Å². The highest BCUT2D eigenvalue weighted by molar-refractivity contribution is 5.29. The molecular formula is C13H21N3. The van der Waals surface area contributed by atoms with Crippen molar-refractivity contribution in [3.63, 3.8) is 0 Å². The maximum atomic E-state index is 4.74. The van der Waals surface area contributed by atoms with Crippen LogP contribution in [0.4, 0.5) is 0 Å². The first-order valence-electron chi connectivity index (χ1n) is 6.31. The smallest absolute Gasteiger partial charge is 0.131 e. The third kappa shape index (κ3) is 2.24. The van der Waals surface area contributed by atoms with E-state index in [1.807, 2.05) is 0 Å². The van der Waals surface area contributed by atoms with E-state index in [9.17, 15) is 0 Å². The van der Waals surface area contributed by atoms with Gasteiger partial charge in [-0.3, -0.25) is 0 Å². The lowest BCUT2D eigenvalue weighted by Gasteiger charge is -2.20. The molecule has 0 amide bonds. The van der Waals surface area contributed by atoms with Crippen LogP contribution in [-0.2, 0) is 19.4 Å². The molecule has 1 aromatic heterocycles. The number of nitrogens with one attached hydrogen (secondary N) is 1. The fraction of sp³-hybridized carbons (Fsp3) is 0.692. The van der Waals surface area contributed by atoms with E-state index in [0.717, 1.165) is 38.2 Å². The summed E-state index contributed by atoms with van der Waals surface area (Å²) in [6, 6.07) is 0. The van der Waals surface area contributed by atoms with Crippen molar-refractivity contribution in [2.24, 2.45) is 0 Å². The molecule has 0 radical (unpaired) electrons. The second-order valence-corrected chi connectivity index (χ2v) is 4.79. The van der Waals surface area contributed by atoms with Crippen LogP contribution < -0.4 is 5.32 Å². The highest BCUT2D eigenvalue weighted by atomic mass is 15.0. The monoisotopic (exact) mass is 219 g/mol. The van der Waals surface area contributed by atoms with Gasteiger partial charge in [-0.25, -0.2) is 9.97 Å². The molecule has 0 bridgehead atoms. The Kier molecular flexibility index (Phi) is 3.54. The van der Waals surface area contributed by atoms with Gasteiger partial charge in [0.2, 0.25) is 0 Å². The lowest BCUT2D eigenvalue weighted by Crippen LogP contribution is -2.27. The van der Waals surface area contributed by atoms with E-state index >= 15 is 0 Å². The molecule has 0 fully saturated rings. The highest BCUT2D eigenvalue weighted by Gasteiger charge is 2.17. The van der Waals surface area contributed by atoms with Gasteiger partial charge < -0.3 is 5.32 Å². The molecule has 2 rings (SSSR count). The molecule has 1 aliphatic rings. The van der Waals surface area contributed by atoms with Gasteiger partial charge in [0.1, 0.15) is 5.82 Å². The summed E-state index contributed by atoms with van der Waals surface area (Å²) < 4.78 is 0. The number of nitrogens with zero attached hydrogens (tertiary/aromatic N) is 2. The molecule has 0 unspecified atom stereocenters. The van der Waals surface area contributed by atoms with E-state index in [-0.39, 0.29) is 0 Å². The second-order valence-electron chi connectivity index (χ2n) is 4.79. The maximum Gasteiger partial charge on any atom is 0.131 e. The molecule has 0 atom stereocenters. The fourth-order valence-corrected chi connectivity index (χ4v) is 2.16. The summed E-state index contributed by atoms with van der Waals surface area (Å²) in [4.78, 5) is 9.42. The van der Waals surface area contributed by atoms with Gasteiger partial charge in [0, 0.05) is 18.2 Å². The van der Waals surface area contributed by atoms with Crippen LogP contribution in [0, 0.1) is 0 Å². The fourth-order valence-electron chi connectivity index (χ4n) is 2.16. The zero-order chi connectivity index (χ0) is 11.5. The van der Waals surface area contributed by atoms with Gasteiger partial charge in [0.05, 0.1) is 5.69 Å². The molecule has 0 saturated heterocycles. The van der Waals surface area contributed by atoms with E-state index in [2.05, 4.69) is 31.1 Å². The minimum atomic E-state index is 0.419. The van der Waals surface area contributed by atoms with Gasteiger partial charge in [-0.1, -0.05) is 27.2 Å². The number of rotatable bonds is 3. The Morgan fingerprint density at radius 3 is 2.81 bits per heavy atom. The van der Waals surface area contributed by atoms with Crippen molar-refractivity contribution < 1.29 is 0 Å². The lowest BCUT2D eigenvalue weighted by atomic mass is 10.0. The topological polar surface area (TPSA) is 37.8 Å². The van der Waals surface area contributed by atoms with Crippen LogP contribution in [0.25, 0.3) is 0 Å². The molecule has 1 aromatic rings. The molecular weight excluding hydrogens is 198 g/mol. The van der Waals surface area contributed by atoms with Gasteiger partial charge in [-0.05, 0) is 24.9 Å². The van der Waals surface area contributed by atoms with Crippen LogP contribution in [-0.4, -0.2) is 16.5 Å². The summed E-state index contributed by atoms with van der Waals surface area (Å²) in [5.74, 6) is 1.42. The maximum absolute atomic E-state index is 4.74. The molecule has 1 aliphatic heterocycles. The van der Waals surface area contributed by atoms with Gasteiger partial charge in [-0.2, -0.15) is 0 Å². The Hall–Kier alpha value is -0.960. The van der Waals surface area contributed by atoms with Crippen LogP contribution in [0.15, 0.2) is 0 Å². The van der Waals surface area contributed by atoms with Crippen LogP contribution in [0.2, 0.25) is 0 Å². The van der Waals surface area contributed by atoms with E-state index in [0.29, 0.717) is 5.92 Å². The van der Waals surface area contributed by atoms with Gasteiger partial charge in [-0.15, -0.1) is 0 Å². The Labute approximate surface area is 97.7 Å². The van der Waals surface area contributed by atoms with Crippen LogP contribution in [0.3, 0.4) is 0 Å². The second kappa shape index (κ2) is 4.91. The SMILES string of the molecule is CCCc1nc(C(C)C)nc2c1CCNC2. The molecule has 16 heavy (non-hydrogen) atoms. The zero-order valence-electron chi connectivity index (χ0n) is 10.5. The molecule has 0 aromatic carbocycles. The quantitative estimate of drug-likeness (QED) is 0.847. The average Bonchev–Trinajstić information content (AvgIpc) is 2.29. The van der Waals surface area contributed by atoms with Crippen molar-refractivity contribution in [2.45, 2.75) is 52.5 Å².